The average molecular weight is 277 g/mol. The van der Waals surface area contributed by atoms with Gasteiger partial charge in [-0.05, 0) is 18.2 Å². The molecule has 1 heterocycles. The van der Waals surface area contributed by atoms with Gasteiger partial charge >= 0.3 is 11.7 Å². The number of carbonyl (C=O) groups is 2. The normalized spacial score (nSPS) is 10.7. The smallest absolute Gasteiger partial charge is 0.328 e. The number of nitrogens with one attached hydrogen (secondary N) is 1. The number of aromatic nitrogens is 2. The van der Waals surface area contributed by atoms with Crippen LogP contribution in [0.15, 0.2) is 23.0 Å². The summed E-state index contributed by atoms with van der Waals surface area (Å²) in [4.78, 5) is 33.7. The second-order valence-corrected chi connectivity index (χ2v) is 4.55. The number of imidazole rings is 1. The lowest BCUT2D eigenvalue weighted by Crippen LogP contribution is -2.19. The van der Waals surface area contributed by atoms with E-state index in [0.717, 1.165) is 5.52 Å². The number of carboxylic acid groups (broad SMARTS) is 1. The highest BCUT2D eigenvalue weighted by Crippen LogP contribution is 2.17. The molecule has 2 rings (SSSR count). The molecule has 0 aliphatic rings. The number of carbonyl (C=O) groups excluding carboxylic acids is 1. The molecule has 0 saturated heterocycles. The van der Waals surface area contributed by atoms with Gasteiger partial charge in [-0.15, -0.1) is 0 Å². The van der Waals surface area contributed by atoms with Gasteiger partial charge < -0.3 is 10.4 Å². The average Bonchev–Trinajstić information content (AvgIpc) is 2.62. The fraction of sp³-hybridized carbons (Fsp3) is 0.308. The SMILES string of the molecule is Cn1c(=O)n(C)c2cc(NC(=O)CCC(=O)O)ccc21. The number of anilines is 1. The summed E-state index contributed by atoms with van der Waals surface area (Å²) in [5, 5.41) is 11.1. The van der Waals surface area contributed by atoms with E-state index in [1.807, 2.05) is 0 Å². The van der Waals surface area contributed by atoms with Crippen LogP contribution in [0.4, 0.5) is 5.69 Å². The first-order chi connectivity index (χ1) is 9.40. The van der Waals surface area contributed by atoms with Gasteiger partial charge in [-0.1, -0.05) is 0 Å². The molecule has 1 amide bonds. The van der Waals surface area contributed by atoms with E-state index in [-0.39, 0.29) is 24.4 Å². The number of fused-ring (bicyclic) bond motifs is 1. The van der Waals surface area contributed by atoms with Crippen molar-refractivity contribution in [1.29, 1.82) is 0 Å². The van der Waals surface area contributed by atoms with Gasteiger partial charge in [0, 0.05) is 26.2 Å². The standard InChI is InChI=1S/C13H15N3O4/c1-15-9-4-3-8(7-10(9)16(2)13(15)20)14-11(17)5-6-12(18)19/h3-4,7H,5-6H2,1-2H3,(H,14,17)(H,18,19). The Kier molecular flexibility index (Phi) is 3.60. The summed E-state index contributed by atoms with van der Waals surface area (Å²) in [7, 11) is 3.33. The highest BCUT2D eigenvalue weighted by atomic mass is 16.4. The van der Waals surface area contributed by atoms with E-state index in [2.05, 4.69) is 5.32 Å². The zero-order valence-corrected chi connectivity index (χ0v) is 11.2. The van der Waals surface area contributed by atoms with Gasteiger partial charge in [-0.3, -0.25) is 18.7 Å². The molecule has 0 atom stereocenters. The topological polar surface area (TPSA) is 93.3 Å². The molecule has 2 aromatic rings. The second kappa shape index (κ2) is 5.20. The van der Waals surface area contributed by atoms with Crippen molar-refractivity contribution in [3.8, 4) is 0 Å². The van der Waals surface area contributed by atoms with Crippen LogP contribution < -0.4 is 11.0 Å². The first-order valence-corrected chi connectivity index (χ1v) is 6.07. The zero-order chi connectivity index (χ0) is 14.9. The maximum absolute atomic E-state index is 11.8. The molecule has 7 nitrogen and oxygen atoms in total. The summed E-state index contributed by atoms with van der Waals surface area (Å²) in [6, 6.07) is 5.11. The third-order valence-corrected chi connectivity index (χ3v) is 3.12. The Hall–Kier alpha value is -2.57. The molecule has 1 aromatic carbocycles. The Balaban J connectivity index is 2.24. The lowest BCUT2D eigenvalue weighted by atomic mass is 10.2. The molecule has 7 heteroatoms. The largest absolute Gasteiger partial charge is 0.481 e. The van der Waals surface area contributed by atoms with Gasteiger partial charge in [0.15, 0.2) is 0 Å². The lowest BCUT2D eigenvalue weighted by molar-refractivity contribution is -0.138. The molecule has 0 bridgehead atoms. The zero-order valence-electron chi connectivity index (χ0n) is 11.2. The predicted octanol–water partition coefficient (Wildman–Crippen LogP) is 0.680. The number of hydrogen-bond acceptors (Lipinski definition) is 3. The van der Waals surface area contributed by atoms with Crippen molar-refractivity contribution >= 4 is 28.6 Å². The third kappa shape index (κ3) is 2.56. The monoisotopic (exact) mass is 277 g/mol. The van der Waals surface area contributed by atoms with Crippen molar-refractivity contribution in [3.05, 3.63) is 28.7 Å². The second-order valence-electron chi connectivity index (χ2n) is 4.55. The van der Waals surface area contributed by atoms with Gasteiger partial charge in [0.25, 0.3) is 0 Å². The van der Waals surface area contributed by atoms with Crippen LogP contribution in [0.3, 0.4) is 0 Å². The molecule has 20 heavy (non-hydrogen) atoms. The Morgan fingerprint density at radius 1 is 1.15 bits per heavy atom. The van der Waals surface area contributed by atoms with Crippen LogP contribution in [0.2, 0.25) is 0 Å². The quantitative estimate of drug-likeness (QED) is 0.859. The maximum atomic E-state index is 11.8. The van der Waals surface area contributed by atoms with Crippen molar-refractivity contribution < 1.29 is 14.7 Å². The number of aliphatic carboxylic acids is 1. The predicted molar refractivity (Wildman–Crippen MR) is 73.7 cm³/mol. The van der Waals surface area contributed by atoms with Gasteiger partial charge in [0.1, 0.15) is 0 Å². The van der Waals surface area contributed by atoms with E-state index in [1.165, 1.54) is 9.13 Å². The van der Waals surface area contributed by atoms with Crippen LogP contribution in [-0.2, 0) is 23.7 Å². The highest BCUT2D eigenvalue weighted by Gasteiger charge is 2.10. The number of carboxylic acids is 1. The van der Waals surface area contributed by atoms with Crippen LogP contribution in [0.1, 0.15) is 12.8 Å². The minimum Gasteiger partial charge on any atom is -0.481 e. The van der Waals surface area contributed by atoms with Crippen molar-refractivity contribution in [2.75, 3.05) is 5.32 Å². The molecular formula is C13H15N3O4. The molecule has 0 spiro atoms. The van der Waals surface area contributed by atoms with Crippen molar-refractivity contribution in [1.82, 2.24) is 9.13 Å². The Morgan fingerprint density at radius 2 is 1.80 bits per heavy atom. The summed E-state index contributed by atoms with van der Waals surface area (Å²) in [6.07, 6.45) is -0.293. The number of benzene rings is 1. The lowest BCUT2D eigenvalue weighted by Gasteiger charge is -2.05. The molecule has 0 aliphatic heterocycles. The molecular weight excluding hydrogens is 262 g/mol. The van der Waals surface area contributed by atoms with Gasteiger partial charge in [-0.25, -0.2) is 4.79 Å². The van der Waals surface area contributed by atoms with E-state index < -0.39 is 5.97 Å². The molecule has 0 radical (unpaired) electrons. The molecule has 106 valence electrons. The van der Waals surface area contributed by atoms with Crippen LogP contribution in [-0.4, -0.2) is 26.1 Å². The minimum atomic E-state index is -1.01. The maximum Gasteiger partial charge on any atom is 0.328 e. The molecule has 0 saturated carbocycles. The fourth-order valence-electron chi connectivity index (χ4n) is 2.03. The Labute approximate surface area is 114 Å². The first kappa shape index (κ1) is 13.9. The van der Waals surface area contributed by atoms with Crippen LogP contribution in [0.5, 0.6) is 0 Å². The summed E-state index contributed by atoms with van der Waals surface area (Å²) in [5.41, 5.74) is 1.86. The summed E-state index contributed by atoms with van der Waals surface area (Å²) in [6.45, 7) is 0. The molecule has 0 unspecified atom stereocenters. The summed E-state index contributed by atoms with van der Waals surface area (Å²) >= 11 is 0. The van der Waals surface area contributed by atoms with Crippen molar-refractivity contribution in [2.45, 2.75) is 12.8 Å². The fourth-order valence-corrected chi connectivity index (χ4v) is 2.03. The minimum absolute atomic E-state index is 0.0823. The molecule has 0 fully saturated rings. The summed E-state index contributed by atoms with van der Waals surface area (Å²) in [5.74, 6) is -1.38. The first-order valence-electron chi connectivity index (χ1n) is 6.07. The Morgan fingerprint density at radius 3 is 2.45 bits per heavy atom. The number of rotatable bonds is 4. The van der Waals surface area contributed by atoms with E-state index in [9.17, 15) is 14.4 Å². The third-order valence-electron chi connectivity index (χ3n) is 3.12. The summed E-state index contributed by atoms with van der Waals surface area (Å²) < 4.78 is 3.01. The van der Waals surface area contributed by atoms with Crippen molar-refractivity contribution in [2.24, 2.45) is 14.1 Å². The van der Waals surface area contributed by atoms with Crippen LogP contribution >= 0.6 is 0 Å². The van der Waals surface area contributed by atoms with Gasteiger partial charge in [-0.2, -0.15) is 0 Å². The van der Waals surface area contributed by atoms with Crippen LogP contribution in [0, 0.1) is 0 Å². The molecule has 1 aromatic heterocycles. The van der Waals surface area contributed by atoms with Crippen molar-refractivity contribution in [3.63, 3.8) is 0 Å². The van der Waals surface area contributed by atoms with Gasteiger partial charge in [0.2, 0.25) is 5.91 Å². The van der Waals surface area contributed by atoms with Gasteiger partial charge in [0.05, 0.1) is 17.5 Å². The van der Waals surface area contributed by atoms with Crippen LogP contribution in [0.25, 0.3) is 11.0 Å². The Bertz CT molecular complexity index is 742. The molecule has 2 N–H and O–H groups in total. The van der Waals surface area contributed by atoms with E-state index >= 15 is 0 Å². The number of aryl methyl sites for hydroxylation is 2. The highest BCUT2D eigenvalue weighted by molar-refractivity contribution is 5.94. The number of amides is 1. The van der Waals surface area contributed by atoms with E-state index in [4.69, 9.17) is 5.11 Å². The number of hydrogen-bond donors (Lipinski definition) is 2. The number of nitrogens with zero attached hydrogens (tertiary/aromatic N) is 2. The molecule has 0 aliphatic carbocycles. The van der Waals surface area contributed by atoms with E-state index in [1.54, 1.807) is 32.3 Å². The van der Waals surface area contributed by atoms with E-state index in [0.29, 0.717) is 11.2 Å².